The minimum absolute atomic E-state index is 0.102. The highest BCUT2D eigenvalue weighted by molar-refractivity contribution is 7.89. The lowest BCUT2D eigenvalue weighted by atomic mass is 10.4. The fourth-order valence-electron chi connectivity index (χ4n) is 1.99. The third kappa shape index (κ3) is 5.14. The quantitative estimate of drug-likeness (QED) is 0.626. The number of benzene rings is 1. The van der Waals surface area contributed by atoms with Crippen LogP contribution in [0.25, 0.3) is 0 Å². The van der Waals surface area contributed by atoms with Gasteiger partial charge in [-0.2, -0.15) is 4.98 Å². The van der Waals surface area contributed by atoms with Crippen molar-refractivity contribution >= 4 is 21.8 Å². The lowest BCUT2D eigenvalue weighted by Gasteiger charge is -2.10. The van der Waals surface area contributed by atoms with Gasteiger partial charge in [-0.25, -0.2) is 22.5 Å². The van der Waals surface area contributed by atoms with E-state index in [0.717, 1.165) is 11.8 Å². The van der Waals surface area contributed by atoms with Crippen molar-refractivity contribution in [1.29, 1.82) is 0 Å². The van der Waals surface area contributed by atoms with Gasteiger partial charge in [-0.1, -0.05) is 6.07 Å². The molecule has 130 valence electrons. The van der Waals surface area contributed by atoms with Crippen LogP contribution in [0.2, 0.25) is 0 Å². The number of hydrogen-bond acceptors (Lipinski definition) is 6. The van der Waals surface area contributed by atoms with Gasteiger partial charge in [0.25, 0.3) is 0 Å². The fourth-order valence-corrected chi connectivity index (χ4v) is 3.05. The van der Waals surface area contributed by atoms with Crippen LogP contribution in [-0.4, -0.2) is 38.0 Å². The first-order chi connectivity index (χ1) is 11.4. The summed E-state index contributed by atoms with van der Waals surface area (Å²) in [7, 11) is -3.74. The Kier molecular flexibility index (Phi) is 6.04. The summed E-state index contributed by atoms with van der Waals surface area (Å²) in [6.45, 7) is 4.96. The average molecular weight is 353 g/mol. The third-order valence-electron chi connectivity index (χ3n) is 3.02. The Morgan fingerprint density at radius 2 is 1.92 bits per heavy atom. The standard InChI is InChI=1S/C15H20FN5O2S/c1-3-17-15-20-11(2)9-14(21-15)18-7-8-19-24(22,23)13-6-4-5-12(16)10-13/h4-6,9-10,19H,3,7-8H2,1-2H3,(H2,17,18,20,21). The lowest BCUT2D eigenvalue weighted by molar-refractivity contribution is 0.579. The van der Waals surface area contributed by atoms with E-state index in [9.17, 15) is 12.8 Å². The number of aryl methyl sites for hydroxylation is 1. The molecule has 0 unspecified atom stereocenters. The molecule has 0 fully saturated rings. The molecule has 0 aliphatic heterocycles. The van der Waals surface area contributed by atoms with Crippen LogP contribution in [0.5, 0.6) is 0 Å². The van der Waals surface area contributed by atoms with Crippen LogP contribution < -0.4 is 15.4 Å². The van der Waals surface area contributed by atoms with E-state index in [2.05, 4.69) is 25.3 Å². The van der Waals surface area contributed by atoms with Crippen LogP contribution in [0.15, 0.2) is 35.2 Å². The first-order valence-corrected chi connectivity index (χ1v) is 8.97. The van der Waals surface area contributed by atoms with Crippen LogP contribution in [0.4, 0.5) is 16.2 Å². The van der Waals surface area contributed by atoms with Gasteiger partial charge in [0.05, 0.1) is 4.90 Å². The number of nitrogens with zero attached hydrogens (tertiary/aromatic N) is 2. The van der Waals surface area contributed by atoms with Crippen molar-refractivity contribution in [2.45, 2.75) is 18.7 Å². The molecule has 0 amide bonds. The van der Waals surface area contributed by atoms with Gasteiger partial charge in [0.2, 0.25) is 16.0 Å². The zero-order chi connectivity index (χ0) is 17.6. The van der Waals surface area contributed by atoms with Gasteiger partial charge in [0.15, 0.2) is 0 Å². The highest BCUT2D eigenvalue weighted by atomic mass is 32.2. The zero-order valence-corrected chi connectivity index (χ0v) is 14.3. The van der Waals surface area contributed by atoms with E-state index in [0.29, 0.717) is 24.9 Å². The third-order valence-corrected chi connectivity index (χ3v) is 4.48. The second-order valence-electron chi connectivity index (χ2n) is 5.03. The monoisotopic (exact) mass is 353 g/mol. The van der Waals surface area contributed by atoms with Crippen LogP contribution >= 0.6 is 0 Å². The number of rotatable bonds is 8. The normalized spacial score (nSPS) is 11.3. The van der Waals surface area contributed by atoms with E-state index < -0.39 is 15.8 Å². The van der Waals surface area contributed by atoms with Gasteiger partial charge in [0.1, 0.15) is 11.6 Å². The van der Waals surface area contributed by atoms with E-state index in [1.165, 1.54) is 18.2 Å². The first kappa shape index (κ1) is 18.1. The summed E-state index contributed by atoms with van der Waals surface area (Å²) in [6.07, 6.45) is 0. The molecule has 1 aromatic carbocycles. The van der Waals surface area contributed by atoms with E-state index >= 15 is 0 Å². The second kappa shape index (κ2) is 8.02. The topological polar surface area (TPSA) is 96.0 Å². The summed E-state index contributed by atoms with van der Waals surface area (Å²) in [6, 6.07) is 6.64. The fraction of sp³-hybridized carbons (Fsp3) is 0.333. The maximum atomic E-state index is 13.1. The number of halogens is 1. The van der Waals surface area contributed by atoms with Crippen molar-refractivity contribution in [2.75, 3.05) is 30.3 Å². The van der Waals surface area contributed by atoms with Crippen LogP contribution in [0.3, 0.4) is 0 Å². The Labute approximate surface area is 140 Å². The predicted molar refractivity (Wildman–Crippen MR) is 91.0 cm³/mol. The summed E-state index contributed by atoms with van der Waals surface area (Å²) < 4.78 is 39.6. The van der Waals surface area contributed by atoms with Gasteiger partial charge >= 0.3 is 0 Å². The zero-order valence-electron chi connectivity index (χ0n) is 13.5. The van der Waals surface area contributed by atoms with Crippen LogP contribution in [0, 0.1) is 12.7 Å². The summed E-state index contributed by atoms with van der Waals surface area (Å²) in [4.78, 5) is 8.39. The molecule has 0 spiro atoms. The Bertz CT molecular complexity index is 798. The van der Waals surface area contributed by atoms with Gasteiger partial charge in [-0.3, -0.25) is 0 Å². The number of aromatic nitrogens is 2. The summed E-state index contributed by atoms with van der Waals surface area (Å²) in [5.74, 6) is 0.521. The Morgan fingerprint density at radius 1 is 1.12 bits per heavy atom. The molecule has 2 rings (SSSR count). The molecule has 3 N–H and O–H groups in total. The molecule has 1 aromatic heterocycles. The molecule has 2 aromatic rings. The number of anilines is 2. The van der Waals surface area contributed by atoms with Gasteiger partial charge in [-0.05, 0) is 32.0 Å². The lowest BCUT2D eigenvalue weighted by Crippen LogP contribution is -2.29. The van der Waals surface area contributed by atoms with Gasteiger partial charge in [-0.15, -0.1) is 0 Å². The predicted octanol–water partition coefficient (Wildman–Crippen LogP) is 1.75. The van der Waals surface area contributed by atoms with Gasteiger partial charge in [0, 0.05) is 31.4 Å². The largest absolute Gasteiger partial charge is 0.369 e. The second-order valence-corrected chi connectivity index (χ2v) is 6.80. The van der Waals surface area contributed by atoms with E-state index in [4.69, 9.17) is 0 Å². The van der Waals surface area contributed by atoms with Crippen molar-refractivity contribution in [2.24, 2.45) is 0 Å². The summed E-state index contributed by atoms with van der Waals surface area (Å²) in [5, 5.41) is 6.05. The molecule has 9 heteroatoms. The molecule has 0 radical (unpaired) electrons. The van der Waals surface area contributed by atoms with E-state index in [1.807, 2.05) is 13.8 Å². The minimum atomic E-state index is -3.74. The Balaban J connectivity index is 1.91. The highest BCUT2D eigenvalue weighted by Gasteiger charge is 2.13. The van der Waals surface area contributed by atoms with Gasteiger partial charge < -0.3 is 10.6 Å². The van der Waals surface area contributed by atoms with Crippen molar-refractivity contribution in [3.8, 4) is 0 Å². The van der Waals surface area contributed by atoms with Crippen LogP contribution in [0.1, 0.15) is 12.6 Å². The molecule has 1 heterocycles. The van der Waals surface area contributed by atoms with Crippen LogP contribution in [-0.2, 0) is 10.0 Å². The maximum absolute atomic E-state index is 13.1. The molecule has 0 atom stereocenters. The Morgan fingerprint density at radius 3 is 2.62 bits per heavy atom. The molecule has 0 aliphatic rings. The number of nitrogens with one attached hydrogen (secondary N) is 3. The smallest absolute Gasteiger partial charge is 0.240 e. The van der Waals surface area contributed by atoms with Crippen molar-refractivity contribution in [3.63, 3.8) is 0 Å². The number of sulfonamides is 1. The summed E-state index contributed by atoms with van der Waals surface area (Å²) in [5.41, 5.74) is 0.795. The minimum Gasteiger partial charge on any atom is -0.369 e. The van der Waals surface area contributed by atoms with E-state index in [-0.39, 0.29) is 11.4 Å². The SMILES string of the molecule is CCNc1nc(C)cc(NCCNS(=O)(=O)c2cccc(F)c2)n1. The first-order valence-electron chi connectivity index (χ1n) is 7.49. The van der Waals surface area contributed by atoms with E-state index in [1.54, 1.807) is 6.07 Å². The molecule has 0 bridgehead atoms. The molecule has 24 heavy (non-hydrogen) atoms. The Hall–Kier alpha value is -2.26. The van der Waals surface area contributed by atoms with Crippen molar-refractivity contribution < 1.29 is 12.8 Å². The van der Waals surface area contributed by atoms with Crippen molar-refractivity contribution in [3.05, 3.63) is 41.8 Å². The van der Waals surface area contributed by atoms with Crippen molar-refractivity contribution in [1.82, 2.24) is 14.7 Å². The highest BCUT2D eigenvalue weighted by Crippen LogP contribution is 2.11. The molecule has 0 saturated heterocycles. The average Bonchev–Trinajstić information content (AvgIpc) is 2.51. The summed E-state index contributed by atoms with van der Waals surface area (Å²) >= 11 is 0. The molecular formula is C15H20FN5O2S. The number of hydrogen-bond donors (Lipinski definition) is 3. The molecular weight excluding hydrogens is 333 g/mol. The maximum Gasteiger partial charge on any atom is 0.240 e. The molecule has 7 nitrogen and oxygen atoms in total. The molecule has 0 saturated carbocycles. The molecule has 0 aliphatic carbocycles.